The highest BCUT2D eigenvalue weighted by Gasteiger charge is 2.35. The molecule has 1 aromatic heterocycles. The molecule has 2 heterocycles. The molecular formula is C16H29N5O2. The Morgan fingerprint density at radius 1 is 1.35 bits per heavy atom. The van der Waals surface area contributed by atoms with Crippen molar-refractivity contribution in [2.24, 2.45) is 16.3 Å². The highest BCUT2D eigenvalue weighted by Crippen LogP contribution is 2.33. The molecule has 1 fully saturated rings. The lowest BCUT2D eigenvalue weighted by Crippen LogP contribution is -2.47. The van der Waals surface area contributed by atoms with Crippen LogP contribution in [0.15, 0.2) is 9.52 Å². The molecule has 1 aliphatic heterocycles. The van der Waals surface area contributed by atoms with Gasteiger partial charge in [0.25, 0.3) is 0 Å². The number of hydrogen-bond donors (Lipinski definition) is 2. The molecule has 0 spiro atoms. The van der Waals surface area contributed by atoms with Crippen molar-refractivity contribution in [3.05, 3.63) is 11.7 Å². The minimum Gasteiger partial charge on any atom is -0.377 e. The second-order valence-corrected chi connectivity index (χ2v) is 7.10. The van der Waals surface area contributed by atoms with Crippen molar-refractivity contribution in [3.63, 3.8) is 0 Å². The zero-order valence-electron chi connectivity index (χ0n) is 14.8. The summed E-state index contributed by atoms with van der Waals surface area (Å²) in [5, 5.41) is 10.5. The maximum atomic E-state index is 6.02. The van der Waals surface area contributed by atoms with Crippen molar-refractivity contribution < 1.29 is 9.26 Å². The molecule has 7 nitrogen and oxygen atoms in total. The monoisotopic (exact) mass is 323 g/mol. The number of hydrogen-bond acceptors (Lipinski definition) is 5. The minimum absolute atomic E-state index is 0.145. The van der Waals surface area contributed by atoms with Gasteiger partial charge in [-0.15, -0.1) is 0 Å². The predicted molar refractivity (Wildman–Crippen MR) is 89.2 cm³/mol. The third-order valence-electron chi connectivity index (χ3n) is 4.04. The largest absolute Gasteiger partial charge is 0.377 e. The van der Waals surface area contributed by atoms with Gasteiger partial charge in [0.15, 0.2) is 11.8 Å². The predicted octanol–water partition coefficient (Wildman–Crippen LogP) is 1.88. The average molecular weight is 323 g/mol. The fraction of sp³-hybridized carbons (Fsp3) is 0.812. The number of aromatic nitrogens is 2. The van der Waals surface area contributed by atoms with Crippen LogP contribution in [0.25, 0.3) is 0 Å². The molecule has 2 atom stereocenters. The molecule has 2 unspecified atom stereocenters. The summed E-state index contributed by atoms with van der Waals surface area (Å²) in [4.78, 5) is 8.42. The van der Waals surface area contributed by atoms with E-state index in [-0.39, 0.29) is 11.5 Å². The molecule has 1 aromatic rings. The lowest BCUT2D eigenvalue weighted by molar-refractivity contribution is -0.0835. The summed E-state index contributed by atoms with van der Waals surface area (Å²) in [5.41, 5.74) is 0.145. The molecule has 2 N–H and O–H groups in total. The second-order valence-electron chi connectivity index (χ2n) is 7.10. The minimum atomic E-state index is 0.145. The molecule has 0 bridgehead atoms. The van der Waals surface area contributed by atoms with Crippen LogP contribution in [0.4, 0.5) is 0 Å². The fourth-order valence-electron chi connectivity index (χ4n) is 3.03. The van der Waals surface area contributed by atoms with Crippen LogP contribution >= 0.6 is 0 Å². The SMILES string of the molecule is CN=C(NCc1noc(C)n1)NCC1CCCOC1C(C)(C)C. The van der Waals surface area contributed by atoms with Gasteiger partial charge in [-0.05, 0) is 18.3 Å². The Morgan fingerprint density at radius 2 is 2.13 bits per heavy atom. The summed E-state index contributed by atoms with van der Waals surface area (Å²) < 4.78 is 11.0. The van der Waals surface area contributed by atoms with Gasteiger partial charge >= 0.3 is 0 Å². The van der Waals surface area contributed by atoms with Gasteiger partial charge in [0.1, 0.15) is 0 Å². The van der Waals surface area contributed by atoms with E-state index in [2.05, 4.69) is 46.5 Å². The van der Waals surface area contributed by atoms with Crippen LogP contribution in [0.2, 0.25) is 0 Å². The van der Waals surface area contributed by atoms with Crippen LogP contribution in [0, 0.1) is 18.3 Å². The first-order valence-corrected chi connectivity index (χ1v) is 8.25. The van der Waals surface area contributed by atoms with E-state index in [1.165, 1.54) is 6.42 Å². The van der Waals surface area contributed by atoms with E-state index in [0.717, 1.165) is 25.5 Å². The lowest BCUT2D eigenvalue weighted by atomic mass is 9.78. The van der Waals surface area contributed by atoms with Crippen molar-refractivity contribution in [2.45, 2.75) is 53.2 Å². The van der Waals surface area contributed by atoms with Gasteiger partial charge in [-0.2, -0.15) is 4.98 Å². The van der Waals surface area contributed by atoms with Gasteiger partial charge in [-0.1, -0.05) is 25.9 Å². The van der Waals surface area contributed by atoms with Gasteiger partial charge in [-0.25, -0.2) is 0 Å². The number of ether oxygens (including phenoxy) is 1. The molecule has 0 radical (unpaired) electrons. The Balaban J connectivity index is 1.84. The molecule has 130 valence electrons. The van der Waals surface area contributed by atoms with Gasteiger partial charge in [0, 0.05) is 33.0 Å². The summed E-state index contributed by atoms with van der Waals surface area (Å²) in [6, 6.07) is 0. The topological polar surface area (TPSA) is 84.6 Å². The van der Waals surface area contributed by atoms with E-state index in [0.29, 0.717) is 24.2 Å². The van der Waals surface area contributed by atoms with E-state index in [4.69, 9.17) is 9.26 Å². The van der Waals surface area contributed by atoms with Crippen LogP contribution < -0.4 is 10.6 Å². The standard InChI is InChI=1S/C16H29N5O2/c1-11-20-13(21-23-11)10-19-15(17-5)18-9-12-7-6-8-22-14(12)16(2,3)4/h12,14H,6-10H2,1-5H3,(H2,17,18,19). The van der Waals surface area contributed by atoms with Gasteiger partial charge in [0.2, 0.25) is 5.89 Å². The average Bonchev–Trinajstić information content (AvgIpc) is 2.92. The zero-order chi connectivity index (χ0) is 16.9. The van der Waals surface area contributed by atoms with Crippen LogP contribution in [0.5, 0.6) is 0 Å². The van der Waals surface area contributed by atoms with E-state index in [9.17, 15) is 0 Å². The Hall–Kier alpha value is -1.63. The molecule has 23 heavy (non-hydrogen) atoms. The van der Waals surface area contributed by atoms with Crippen molar-refractivity contribution in [2.75, 3.05) is 20.2 Å². The van der Waals surface area contributed by atoms with Crippen molar-refractivity contribution >= 4 is 5.96 Å². The number of aliphatic imine (C=N–C) groups is 1. The lowest BCUT2D eigenvalue weighted by Gasteiger charge is -2.40. The normalized spacial score (nSPS) is 22.9. The summed E-state index contributed by atoms with van der Waals surface area (Å²) >= 11 is 0. The zero-order valence-corrected chi connectivity index (χ0v) is 14.8. The Labute approximate surface area is 138 Å². The van der Waals surface area contributed by atoms with E-state index >= 15 is 0 Å². The maximum Gasteiger partial charge on any atom is 0.223 e. The smallest absolute Gasteiger partial charge is 0.223 e. The Morgan fingerprint density at radius 3 is 2.74 bits per heavy atom. The quantitative estimate of drug-likeness (QED) is 0.650. The fourth-order valence-corrected chi connectivity index (χ4v) is 3.03. The first-order valence-electron chi connectivity index (χ1n) is 8.25. The van der Waals surface area contributed by atoms with Crippen molar-refractivity contribution in [1.29, 1.82) is 0 Å². The molecular weight excluding hydrogens is 294 g/mol. The van der Waals surface area contributed by atoms with E-state index < -0.39 is 0 Å². The van der Waals surface area contributed by atoms with Gasteiger partial charge < -0.3 is 19.9 Å². The van der Waals surface area contributed by atoms with Crippen molar-refractivity contribution in [3.8, 4) is 0 Å². The second kappa shape index (κ2) is 7.77. The highest BCUT2D eigenvalue weighted by atomic mass is 16.5. The summed E-state index contributed by atoms with van der Waals surface area (Å²) in [6.07, 6.45) is 2.56. The molecule has 2 rings (SSSR count). The van der Waals surface area contributed by atoms with Crippen LogP contribution in [0.1, 0.15) is 45.3 Å². The third kappa shape index (κ3) is 5.20. The first-order chi connectivity index (χ1) is 10.9. The number of aryl methyl sites for hydroxylation is 1. The third-order valence-corrected chi connectivity index (χ3v) is 4.04. The Bertz CT molecular complexity index is 521. The van der Waals surface area contributed by atoms with E-state index in [1.54, 1.807) is 14.0 Å². The molecule has 0 aliphatic carbocycles. The molecule has 0 aromatic carbocycles. The number of rotatable bonds is 4. The van der Waals surface area contributed by atoms with Crippen LogP contribution in [-0.2, 0) is 11.3 Å². The molecule has 1 saturated heterocycles. The highest BCUT2D eigenvalue weighted by molar-refractivity contribution is 5.79. The summed E-state index contributed by atoms with van der Waals surface area (Å²) in [5.74, 6) is 2.41. The summed E-state index contributed by atoms with van der Waals surface area (Å²) in [7, 11) is 1.76. The molecule has 7 heteroatoms. The maximum absolute atomic E-state index is 6.02. The molecule has 0 amide bonds. The van der Waals surface area contributed by atoms with Gasteiger partial charge in [-0.3, -0.25) is 4.99 Å². The number of nitrogens with one attached hydrogen (secondary N) is 2. The van der Waals surface area contributed by atoms with E-state index in [1.807, 2.05) is 0 Å². The summed E-state index contributed by atoms with van der Waals surface area (Å²) in [6.45, 7) is 10.7. The number of nitrogens with zero attached hydrogens (tertiary/aromatic N) is 3. The first kappa shape index (κ1) is 17.7. The van der Waals surface area contributed by atoms with Crippen molar-refractivity contribution in [1.82, 2.24) is 20.8 Å². The number of guanidine groups is 1. The Kier molecular flexibility index (Phi) is 5.98. The molecule has 1 aliphatic rings. The van der Waals surface area contributed by atoms with Gasteiger partial charge in [0.05, 0.1) is 12.6 Å². The van der Waals surface area contributed by atoms with Crippen LogP contribution in [0.3, 0.4) is 0 Å². The molecule has 0 saturated carbocycles. The van der Waals surface area contributed by atoms with Crippen LogP contribution in [-0.4, -0.2) is 42.4 Å².